The van der Waals surface area contributed by atoms with Gasteiger partial charge in [0.2, 0.25) is 5.91 Å². The van der Waals surface area contributed by atoms with E-state index in [2.05, 4.69) is 18.7 Å². The van der Waals surface area contributed by atoms with Gasteiger partial charge < -0.3 is 10.6 Å². The Morgan fingerprint density at radius 2 is 2.00 bits per heavy atom. The van der Waals surface area contributed by atoms with Crippen molar-refractivity contribution in [2.24, 2.45) is 17.1 Å². The molecule has 1 saturated carbocycles. The second-order valence-electron chi connectivity index (χ2n) is 6.02. The highest BCUT2D eigenvalue weighted by Gasteiger charge is 2.50. The predicted molar refractivity (Wildman–Crippen MR) is 69.5 cm³/mol. The normalized spacial score (nSPS) is 25.7. The molecule has 98 valence electrons. The van der Waals surface area contributed by atoms with Crippen LogP contribution in [0.5, 0.6) is 0 Å². The van der Waals surface area contributed by atoms with Crippen LogP contribution in [-0.4, -0.2) is 29.9 Å². The van der Waals surface area contributed by atoms with E-state index < -0.39 is 0 Å². The quantitative estimate of drug-likeness (QED) is 0.815. The van der Waals surface area contributed by atoms with Crippen LogP contribution in [0.25, 0.3) is 0 Å². The molecule has 0 aromatic heterocycles. The fourth-order valence-corrected chi connectivity index (χ4v) is 3.16. The van der Waals surface area contributed by atoms with E-state index in [-0.39, 0.29) is 11.5 Å². The molecule has 1 saturated heterocycles. The Kier molecular flexibility index (Phi) is 3.76. The first-order valence-electron chi connectivity index (χ1n) is 7.14. The van der Waals surface area contributed by atoms with Crippen molar-refractivity contribution < 1.29 is 4.79 Å². The zero-order valence-corrected chi connectivity index (χ0v) is 11.2. The standard InChI is InChI=1S/C14H26N2O/c1-3-6-14(7-8-14)13(17)16-9-4-12(5-10-16)11(2)15/h11-12H,3-10,15H2,1-2H3. The second-order valence-corrected chi connectivity index (χ2v) is 6.02. The molecule has 1 heterocycles. The van der Waals surface area contributed by atoms with Gasteiger partial charge >= 0.3 is 0 Å². The van der Waals surface area contributed by atoms with E-state index in [0.717, 1.165) is 51.6 Å². The summed E-state index contributed by atoms with van der Waals surface area (Å²) < 4.78 is 0. The topological polar surface area (TPSA) is 46.3 Å². The highest BCUT2D eigenvalue weighted by molar-refractivity contribution is 5.85. The number of likely N-dealkylation sites (tertiary alicyclic amines) is 1. The highest BCUT2D eigenvalue weighted by Crippen LogP contribution is 2.51. The van der Waals surface area contributed by atoms with Crippen LogP contribution < -0.4 is 5.73 Å². The molecule has 0 spiro atoms. The minimum Gasteiger partial charge on any atom is -0.342 e. The molecule has 3 heteroatoms. The molecule has 0 bridgehead atoms. The summed E-state index contributed by atoms with van der Waals surface area (Å²) in [6, 6.07) is 0.276. The third-order valence-electron chi connectivity index (χ3n) is 4.61. The smallest absolute Gasteiger partial charge is 0.228 e. The van der Waals surface area contributed by atoms with Gasteiger partial charge in [0, 0.05) is 24.5 Å². The number of rotatable bonds is 4. The van der Waals surface area contributed by atoms with Crippen LogP contribution in [-0.2, 0) is 4.79 Å². The van der Waals surface area contributed by atoms with Crippen LogP contribution >= 0.6 is 0 Å². The maximum atomic E-state index is 12.4. The summed E-state index contributed by atoms with van der Waals surface area (Å²) >= 11 is 0. The van der Waals surface area contributed by atoms with Crippen molar-refractivity contribution in [1.82, 2.24) is 4.90 Å². The van der Waals surface area contributed by atoms with Crippen LogP contribution in [0.15, 0.2) is 0 Å². The van der Waals surface area contributed by atoms with E-state index in [1.54, 1.807) is 0 Å². The predicted octanol–water partition coefficient (Wildman–Crippen LogP) is 2.15. The molecular weight excluding hydrogens is 212 g/mol. The molecule has 2 rings (SSSR count). The molecule has 1 amide bonds. The first-order valence-corrected chi connectivity index (χ1v) is 7.14. The Balaban J connectivity index is 1.86. The van der Waals surface area contributed by atoms with Crippen LogP contribution in [0.3, 0.4) is 0 Å². The van der Waals surface area contributed by atoms with E-state index >= 15 is 0 Å². The number of hydrogen-bond acceptors (Lipinski definition) is 2. The van der Waals surface area contributed by atoms with E-state index in [1.807, 2.05) is 0 Å². The van der Waals surface area contributed by atoms with Crippen molar-refractivity contribution in [2.75, 3.05) is 13.1 Å². The van der Waals surface area contributed by atoms with Gasteiger partial charge in [0.05, 0.1) is 0 Å². The van der Waals surface area contributed by atoms with Gasteiger partial charge in [-0.2, -0.15) is 0 Å². The fourth-order valence-electron chi connectivity index (χ4n) is 3.16. The molecule has 2 fully saturated rings. The lowest BCUT2D eigenvalue weighted by atomic mass is 9.89. The van der Waals surface area contributed by atoms with Crippen molar-refractivity contribution in [1.29, 1.82) is 0 Å². The van der Waals surface area contributed by atoms with E-state index in [1.165, 1.54) is 0 Å². The molecule has 1 unspecified atom stereocenters. The Morgan fingerprint density at radius 3 is 2.41 bits per heavy atom. The van der Waals surface area contributed by atoms with Crippen LogP contribution in [0, 0.1) is 11.3 Å². The zero-order chi connectivity index (χ0) is 12.5. The van der Waals surface area contributed by atoms with E-state index in [4.69, 9.17) is 5.73 Å². The van der Waals surface area contributed by atoms with Gasteiger partial charge in [-0.05, 0) is 44.9 Å². The zero-order valence-electron chi connectivity index (χ0n) is 11.2. The van der Waals surface area contributed by atoms with Gasteiger partial charge in [-0.1, -0.05) is 13.3 Å². The van der Waals surface area contributed by atoms with Crippen LogP contribution in [0.4, 0.5) is 0 Å². The molecule has 2 N–H and O–H groups in total. The Labute approximate surface area is 105 Å². The molecule has 17 heavy (non-hydrogen) atoms. The molecule has 1 aliphatic carbocycles. The van der Waals surface area contributed by atoms with Crippen molar-refractivity contribution in [3.63, 3.8) is 0 Å². The number of nitrogens with zero attached hydrogens (tertiary/aromatic N) is 1. The van der Waals surface area contributed by atoms with Crippen LogP contribution in [0.1, 0.15) is 52.4 Å². The van der Waals surface area contributed by atoms with E-state index in [9.17, 15) is 4.79 Å². The number of piperidine rings is 1. The molecule has 0 aromatic carbocycles. The molecule has 0 aromatic rings. The lowest BCUT2D eigenvalue weighted by Crippen LogP contribution is -2.45. The van der Waals surface area contributed by atoms with Gasteiger partial charge in [-0.15, -0.1) is 0 Å². The number of hydrogen-bond donors (Lipinski definition) is 1. The third kappa shape index (κ3) is 2.65. The van der Waals surface area contributed by atoms with Crippen molar-refractivity contribution in [3.8, 4) is 0 Å². The Morgan fingerprint density at radius 1 is 1.41 bits per heavy atom. The summed E-state index contributed by atoms with van der Waals surface area (Å²) in [5, 5.41) is 0. The summed E-state index contributed by atoms with van der Waals surface area (Å²) in [7, 11) is 0. The van der Waals surface area contributed by atoms with Gasteiger partial charge in [0.1, 0.15) is 0 Å². The molecule has 0 radical (unpaired) electrons. The molecular formula is C14H26N2O. The highest BCUT2D eigenvalue weighted by atomic mass is 16.2. The first-order chi connectivity index (χ1) is 8.09. The Bertz CT molecular complexity index is 276. The summed E-state index contributed by atoms with van der Waals surface area (Å²) in [5.41, 5.74) is 5.98. The maximum Gasteiger partial charge on any atom is 0.228 e. The molecule has 1 aliphatic heterocycles. The Hall–Kier alpha value is -0.570. The van der Waals surface area contributed by atoms with Crippen LogP contribution in [0.2, 0.25) is 0 Å². The second kappa shape index (κ2) is 4.97. The van der Waals surface area contributed by atoms with Gasteiger partial charge in [0.25, 0.3) is 0 Å². The fraction of sp³-hybridized carbons (Fsp3) is 0.929. The monoisotopic (exact) mass is 238 g/mol. The molecule has 2 aliphatic rings. The molecule has 3 nitrogen and oxygen atoms in total. The summed E-state index contributed by atoms with van der Waals surface area (Å²) in [6.45, 7) is 6.12. The largest absolute Gasteiger partial charge is 0.342 e. The minimum atomic E-state index is 0.0515. The number of nitrogens with two attached hydrogens (primary N) is 1. The minimum absolute atomic E-state index is 0.0515. The summed E-state index contributed by atoms with van der Waals surface area (Å²) in [4.78, 5) is 14.5. The van der Waals surface area contributed by atoms with Gasteiger partial charge in [-0.3, -0.25) is 4.79 Å². The maximum absolute atomic E-state index is 12.4. The van der Waals surface area contributed by atoms with E-state index in [0.29, 0.717) is 11.8 Å². The summed E-state index contributed by atoms with van der Waals surface area (Å²) in [5.74, 6) is 1.04. The SMILES string of the molecule is CCCC1(C(=O)N2CCC(C(C)N)CC2)CC1. The number of carbonyl (C=O) groups excluding carboxylic acids is 1. The lowest BCUT2D eigenvalue weighted by molar-refractivity contribution is -0.138. The average Bonchev–Trinajstić information content (AvgIpc) is 3.10. The first kappa shape index (κ1) is 12.9. The van der Waals surface area contributed by atoms with Gasteiger partial charge in [-0.25, -0.2) is 0 Å². The van der Waals surface area contributed by atoms with Gasteiger partial charge in [0.15, 0.2) is 0 Å². The molecule has 1 atom stereocenters. The lowest BCUT2D eigenvalue weighted by Gasteiger charge is -2.35. The van der Waals surface area contributed by atoms with Crippen molar-refractivity contribution in [3.05, 3.63) is 0 Å². The number of amides is 1. The average molecular weight is 238 g/mol. The van der Waals surface area contributed by atoms with Crippen molar-refractivity contribution in [2.45, 2.75) is 58.4 Å². The summed E-state index contributed by atoms with van der Waals surface area (Å²) in [6.07, 6.45) is 6.62. The number of carbonyl (C=O) groups is 1. The third-order valence-corrected chi connectivity index (χ3v) is 4.61. The van der Waals surface area contributed by atoms with Crippen molar-refractivity contribution >= 4 is 5.91 Å².